The van der Waals surface area contributed by atoms with Crippen molar-refractivity contribution < 1.29 is 4.79 Å². The number of hydrogen-bond donors (Lipinski definition) is 2. The molecule has 0 bridgehead atoms. The van der Waals surface area contributed by atoms with E-state index in [0.29, 0.717) is 5.02 Å². The highest BCUT2D eigenvalue weighted by Gasteiger charge is 2.15. The number of nitrogens with two attached hydrogens (primary N) is 1. The topological polar surface area (TPSA) is 55.1 Å². The molecule has 0 spiro atoms. The highest BCUT2D eigenvalue weighted by atomic mass is 35.5. The van der Waals surface area contributed by atoms with Gasteiger partial charge in [-0.15, -0.1) is 0 Å². The maximum atomic E-state index is 11.8. The molecule has 3 N–H and O–H groups in total. The van der Waals surface area contributed by atoms with Crippen LogP contribution < -0.4 is 11.1 Å². The van der Waals surface area contributed by atoms with Crippen molar-refractivity contribution in [2.75, 3.05) is 0 Å². The molecule has 1 rings (SSSR count). The third-order valence-corrected chi connectivity index (χ3v) is 3.19. The number of amides is 1. The predicted molar refractivity (Wildman–Crippen MR) is 75.5 cm³/mol. The number of unbranched alkanes of at least 4 members (excludes halogenated alkanes) is 1. The Hall–Kier alpha value is -1.06. The molecule has 0 radical (unpaired) electrons. The molecule has 0 aliphatic rings. The lowest BCUT2D eigenvalue weighted by molar-refractivity contribution is -0.123. The normalized spacial score (nSPS) is 14.0. The standard InChI is InChI=1S/C14H21ClN2O/c1-3-4-5-13(16)14(18)17-10(2)11-6-8-12(15)9-7-11/h6-10,13H,3-5,16H2,1-2H3,(H,17,18)/t10?,13-/m0/s1. The van der Waals surface area contributed by atoms with Crippen molar-refractivity contribution in [1.29, 1.82) is 0 Å². The van der Waals surface area contributed by atoms with Crippen LogP contribution in [-0.4, -0.2) is 11.9 Å². The first-order chi connectivity index (χ1) is 8.54. The molecule has 4 heteroatoms. The molecule has 0 heterocycles. The van der Waals surface area contributed by atoms with Crippen LogP contribution >= 0.6 is 11.6 Å². The minimum atomic E-state index is -0.417. The molecule has 0 saturated heterocycles. The summed E-state index contributed by atoms with van der Waals surface area (Å²) in [7, 11) is 0. The highest BCUT2D eigenvalue weighted by molar-refractivity contribution is 6.30. The third kappa shape index (κ3) is 4.67. The van der Waals surface area contributed by atoms with Gasteiger partial charge in [0.15, 0.2) is 0 Å². The summed E-state index contributed by atoms with van der Waals surface area (Å²) in [5.74, 6) is -0.0918. The van der Waals surface area contributed by atoms with E-state index in [1.807, 2.05) is 31.2 Å². The number of rotatable bonds is 6. The fourth-order valence-corrected chi connectivity index (χ4v) is 1.84. The van der Waals surface area contributed by atoms with E-state index in [9.17, 15) is 4.79 Å². The SMILES string of the molecule is CCCC[C@H](N)C(=O)NC(C)c1ccc(Cl)cc1. The average Bonchev–Trinajstić information content (AvgIpc) is 2.36. The van der Waals surface area contributed by atoms with E-state index in [-0.39, 0.29) is 11.9 Å². The highest BCUT2D eigenvalue weighted by Crippen LogP contribution is 2.16. The summed E-state index contributed by atoms with van der Waals surface area (Å²) < 4.78 is 0. The van der Waals surface area contributed by atoms with Crippen LogP contribution in [0.15, 0.2) is 24.3 Å². The minimum Gasteiger partial charge on any atom is -0.348 e. The molecule has 100 valence electrons. The lowest BCUT2D eigenvalue weighted by atomic mass is 10.1. The number of carbonyl (C=O) groups is 1. The molecule has 0 saturated carbocycles. The molecule has 18 heavy (non-hydrogen) atoms. The van der Waals surface area contributed by atoms with Gasteiger partial charge in [-0.2, -0.15) is 0 Å². The molecule has 1 amide bonds. The predicted octanol–water partition coefficient (Wildman–Crippen LogP) is 3.03. The Bertz CT molecular complexity index is 378. The molecule has 1 unspecified atom stereocenters. The third-order valence-electron chi connectivity index (χ3n) is 2.93. The molecule has 0 aliphatic carbocycles. The summed E-state index contributed by atoms with van der Waals surface area (Å²) in [4.78, 5) is 11.8. The maximum Gasteiger partial charge on any atom is 0.237 e. The van der Waals surface area contributed by atoms with Crippen LogP contribution in [-0.2, 0) is 4.79 Å². The molecule has 0 fully saturated rings. The largest absolute Gasteiger partial charge is 0.348 e. The van der Waals surface area contributed by atoms with Gasteiger partial charge >= 0.3 is 0 Å². The quantitative estimate of drug-likeness (QED) is 0.833. The second kappa shape index (κ2) is 7.39. The van der Waals surface area contributed by atoms with Gasteiger partial charge in [0.2, 0.25) is 5.91 Å². The van der Waals surface area contributed by atoms with E-state index in [2.05, 4.69) is 12.2 Å². The number of hydrogen-bond acceptors (Lipinski definition) is 2. The Balaban J connectivity index is 2.51. The van der Waals surface area contributed by atoms with Crippen molar-refractivity contribution in [2.45, 2.75) is 45.2 Å². The van der Waals surface area contributed by atoms with Crippen LogP contribution in [0.25, 0.3) is 0 Å². The molecule has 0 aliphatic heterocycles. The Labute approximate surface area is 114 Å². The van der Waals surface area contributed by atoms with Crippen LogP contribution in [0.3, 0.4) is 0 Å². The van der Waals surface area contributed by atoms with E-state index < -0.39 is 6.04 Å². The van der Waals surface area contributed by atoms with Crippen molar-refractivity contribution >= 4 is 17.5 Å². The summed E-state index contributed by atoms with van der Waals surface area (Å²) in [6.07, 6.45) is 2.76. The van der Waals surface area contributed by atoms with Crippen LogP contribution in [0.4, 0.5) is 0 Å². The molecule has 1 aromatic carbocycles. The molecule has 2 atom stereocenters. The fourth-order valence-electron chi connectivity index (χ4n) is 1.71. The van der Waals surface area contributed by atoms with Gasteiger partial charge in [0.1, 0.15) is 0 Å². The number of nitrogens with one attached hydrogen (secondary N) is 1. The van der Waals surface area contributed by atoms with E-state index in [0.717, 1.165) is 24.8 Å². The van der Waals surface area contributed by atoms with Crippen molar-refractivity contribution in [2.24, 2.45) is 5.73 Å². The lowest BCUT2D eigenvalue weighted by Crippen LogP contribution is -2.41. The first kappa shape index (κ1) is 15.0. The van der Waals surface area contributed by atoms with Crippen LogP contribution in [0.5, 0.6) is 0 Å². The number of carbonyl (C=O) groups excluding carboxylic acids is 1. The zero-order valence-electron chi connectivity index (χ0n) is 10.9. The second-order valence-corrected chi connectivity index (χ2v) is 4.97. The smallest absolute Gasteiger partial charge is 0.237 e. The summed E-state index contributed by atoms with van der Waals surface area (Å²) >= 11 is 5.82. The Morgan fingerprint density at radius 1 is 1.39 bits per heavy atom. The number of halogens is 1. The Morgan fingerprint density at radius 3 is 2.56 bits per heavy atom. The zero-order chi connectivity index (χ0) is 13.5. The molecule has 0 aromatic heterocycles. The van der Waals surface area contributed by atoms with Gasteiger partial charge in [-0.25, -0.2) is 0 Å². The molecule has 1 aromatic rings. The molecular formula is C14H21ClN2O. The van der Waals surface area contributed by atoms with Crippen molar-refractivity contribution in [3.63, 3.8) is 0 Å². The second-order valence-electron chi connectivity index (χ2n) is 4.53. The summed E-state index contributed by atoms with van der Waals surface area (Å²) in [5, 5.41) is 3.61. The summed E-state index contributed by atoms with van der Waals surface area (Å²) in [5.41, 5.74) is 6.84. The van der Waals surface area contributed by atoms with Crippen LogP contribution in [0, 0.1) is 0 Å². The van der Waals surface area contributed by atoms with Gasteiger partial charge < -0.3 is 11.1 Å². The van der Waals surface area contributed by atoms with Crippen molar-refractivity contribution in [3.8, 4) is 0 Å². The molecular weight excluding hydrogens is 248 g/mol. The first-order valence-electron chi connectivity index (χ1n) is 6.36. The van der Waals surface area contributed by atoms with Gasteiger partial charge in [-0.3, -0.25) is 4.79 Å². The van der Waals surface area contributed by atoms with E-state index in [1.54, 1.807) is 0 Å². The summed E-state index contributed by atoms with van der Waals surface area (Å²) in [6.45, 7) is 4.02. The van der Waals surface area contributed by atoms with Gasteiger partial charge in [0.05, 0.1) is 12.1 Å². The van der Waals surface area contributed by atoms with Gasteiger partial charge in [0.25, 0.3) is 0 Å². The van der Waals surface area contributed by atoms with Gasteiger partial charge in [-0.1, -0.05) is 43.5 Å². The van der Waals surface area contributed by atoms with Crippen LogP contribution in [0.2, 0.25) is 5.02 Å². The van der Waals surface area contributed by atoms with E-state index in [4.69, 9.17) is 17.3 Å². The van der Waals surface area contributed by atoms with Crippen LogP contribution in [0.1, 0.15) is 44.7 Å². The fraction of sp³-hybridized carbons (Fsp3) is 0.500. The first-order valence-corrected chi connectivity index (χ1v) is 6.73. The zero-order valence-corrected chi connectivity index (χ0v) is 11.7. The van der Waals surface area contributed by atoms with E-state index >= 15 is 0 Å². The lowest BCUT2D eigenvalue weighted by Gasteiger charge is -2.17. The number of benzene rings is 1. The summed E-state index contributed by atoms with van der Waals surface area (Å²) in [6, 6.07) is 6.98. The molecule has 3 nitrogen and oxygen atoms in total. The van der Waals surface area contributed by atoms with Crippen molar-refractivity contribution in [3.05, 3.63) is 34.9 Å². The maximum absolute atomic E-state index is 11.8. The van der Waals surface area contributed by atoms with E-state index in [1.165, 1.54) is 0 Å². The van der Waals surface area contributed by atoms with Crippen molar-refractivity contribution in [1.82, 2.24) is 5.32 Å². The Morgan fingerprint density at radius 2 is 2.00 bits per heavy atom. The van der Waals surface area contributed by atoms with Gasteiger partial charge in [0, 0.05) is 5.02 Å². The monoisotopic (exact) mass is 268 g/mol. The average molecular weight is 269 g/mol. The Kier molecular flexibility index (Phi) is 6.16. The van der Waals surface area contributed by atoms with Gasteiger partial charge in [-0.05, 0) is 31.0 Å². The minimum absolute atomic E-state index is 0.0533.